The minimum Gasteiger partial charge on any atom is -0.121 e. The molecule has 0 aromatic rings. The zero-order valence-electron chi connectivity index (χ0n) is 4.27. The highest BCUT2D eigenvalue weighted by molar-refractivity contribution is 6.31. The summed E-state index contributed by atoms with van der Waals surface area (Å²) < 4.78 is 0. The molecule has 1 fully saturated rings. The van der Waals surface area contributed by atoms with Crippen molar-refractivity contribution in [2.75, 3.05) is 0 Å². The number of terminal acetylenes is 1. The van der Waals surface area contributed by atoms with Gasteiger partial charge in [-0.05, 0) is 6.42 Å². The molecule has 1 saturated carbocycles. The molecule has 0 amide bonds. The number of rotatable bonds is 0. The third-order valence-electron chi connectivity index (χ3n) is 1.42. The molecule has 1 aliphatic carbocycles. The van der Waals surface area contributed by atoms with Crippen LogP contribution in [0.4, 0.5) is 0 Å². The Bertz CT molecular complexity index is 125. The predicted octanol–water partition coefficient (Wildman–Crippen LogP) is 1.85. The van der Waals surface area contributed by atoms with Crippen molar-refractivity contribution in [1.82, 2.24) is 0 Å². The monoisotopic (exact) mass is 148 g/mol. The number of halogens is 2. The molecule has 0 saturated heterocycles. The van der Waals surface area contributed by atoms with Crippen molar-refractivity contribution in [3.05, 3.63) is 0 Å². The van der Waals surface area contributed by atoms with Gasteiger partial charge in [0.05, 0.1) is 10.8 Å². The van der Waals surface area contributed by atoms with Crippen LogP contribution in [0.5, 0.6) is 0 Å². The molecule has 0 spiro atoms. The van der Waals surface area contributed by atoms with Gasteiger partial charge in [0.15, 0.2) is 0 Å². The first-order valence-electron chi connectivity index (χ1n) is 2.50. The maximum absolute atomic E-state index is 5.69. The van der Waals surface area contributed by atoms with Crippen molar-refractivity contribution < 1.29 is 0 Å². The van der Waals surface area contributed by atoms with Crippen LogP contribution in [0.1, 0.15) is 6.42 Å². The lowest BCUT2D eigenvalue weighted by Crippen LogP contribution is -2.37. The van der Waals surface area contributed by atoms with Crippen LogP contribution >= 0.6 is 23.2 Å². The lowest BCUT2D eigenvalue weighted by atomic mass is 9.85. The predicted molar refractivity (Wildman–Crippen MR) is 36.2 cm³/mol. The molecule has 3 unspecified atom stereocenters. The van der Waals surface area contributed by atoms with Crippen LogP contribution in [0.2, 0.25) is 0 Å². The van der Waals surface area contributed by atoms with E-state index in [2.05, 4.69) is 5.92 Å². The second-order valence-electron chi connectivity index (χ2n) is 1.97. The number of hydrogen-bond donors (Lipinski definition) is 0. The molecule has 1 rings (SSSR count). The zero-order valence-corrected chi connectivity index (χ0v) is 5.78. The zero-order chi connectivity index (χ0) is 6.15. The van der Waals surface area contributed by atoms with E-state index >= 15 is 0 Å². The van der Waals surface area contributed by atoms with Gasteiger partial charge in [-0.15, -0.1) is 35.5 Å². The van der Waals surface area contributed by atoms with Crippen molar-refractivity contribution in [1.29, 1.82) is 0 Å². The summed E-state index contributed by atoms with van der Waals surface area (Å²) >= 11 is 11.3. The first-order valence-corrected chi connectivity index (χ1v) is 3.37. The number of hydrogen-bond acceptors (Lipinski definition) is 0. The Morgan fingerprint density at radius 1 is 1.50 bits per heavy atom. The van der Waals surface area contributed by atoms with Crippen molar-refractivity contribution in [3.8, 4) is 12.3 Å². The normalized spacial score (nSPS) is 44.9. The Labute approximate surface area is 59.2 Å². The summed E-state index contributed by atoms with van der Waals surface area (Å²) in [4.78, 5) is 0. The van der Waals surface area contributed by atoms with E-state index in [1.807, 2.05) is 0 Å². The third-order valence-corrected chi connectivity index (χ3v) is 2.61. The number of alkyl halides is 2. The van der Waals surface area contributed by atoms with E-state index in [0.29, 0.717) is 0 Å². The summed E-state index contributed by atoms with van der Waals surface area (Å²) in [6, 6.07) is 0. The van der Waals surface area contributed by atoms with Gasteiger partial charge in [-0.1, -0.05) is 0 Å². The largest absolute Gasteiger partial charge is 0.121 e. The smallest absolute Gasteiger partial charge is 0.0637 e. The van der Waals surface area contributed by atoms with Crippen molar-refractivity contribution in [2.24, 2.45) is 5.92 Å². The Balaban J connectivity index is 2.39. The van der Waals surface area contributed by atoms with Crippen molar-refractivity contribution in [3.63, 3.8) is 0 Å². The lowest BCUT2D eigenvalue weighted by Gasteiger charge is -2.32. The van der Waals surface area contributed by atoms with E-state index in [0.717, 1.165) is 6.42 Å². The van der Waals surface area contributed by atoms with E-state index in [1.54, 1.807) is 0 Å². The van der Waals surface area contributed by atoms with Gasteiger partial charge in [-0.25, -0.2) is 0 Å². The Kier molecular flexibility index (Phi) is 1.70. The fourth-order valence-corrected chi connectivity index (χ4v) is 1.36. The molecule has 3 atom stereocenters. The third kappa shape index (κ3) is 0.811. The van der Waals surface area contributed by atoms with Crippen LogP contribution in [0.15, 0.2) is 0 Å². The summed E-state index contributed by atoms with van der Waals surface area (Å²) in [6.45, 7) is 0. The van der Waals surface area contributed by atoms with Crippen molar-refractivity contribution in [2.45, 2.75) is 17.2 Å². The lowest BCUT2D eigenvalue weighted by molar-refractivity contribution is 0.421. The van der Waals surface area contributed by atoms with E-state index in [1.165, 1.54) is 0 Å². The molecular formula is C6H6Cl2. The molecule has 0 aliphatic heterocycles. The SMILES string of the molecule is C#CC1CC(Cl)C1Cl. The van der Waals surface area contributed by atoms with Gasteiger partial charge in [0, 0.05) is 5.92 Å². The first kappa shape index (κ1) is 6.26. The summed E-state index contributed by atoms with van der Waals surface area (Å²) in [7, 11) is 0. The standard InChI is InChI=1S/C6H6Cl2/c1-2-4-3-5(7)6(4)8/h1,4-6H,3H2. The van der Waals surface area contributed by atoms with Crippen LogP contribution in [-0.4, -0.2) is 10.8 Å². The Morgan fingerprint density at radius 2 is 2.12 bits per heavy atom. The fraction of sp³-hybridized carbons (Fsp3) is 0.667. The highest BCUT2D eigenvalue weighted by atomic mass is 35.5. The van der Waals surface area contributed by atoms with Gasteiger partial charge in [0.25, 0.3) is 0 Å². The molecular weight excluding hydrogens is 143 g/mol. The molecule has 8 heavy (non-hydrogen) atoms. The Morgan fingerprint density at radius 3 is 2.25 bits per heavy atom. The van der Waals surface area contributed by atoms with E-state index in [4.69, 9.17) is 29.6 Å². The van der Waals surface area contributed by atoms with Crippen molar-refractivity contribution >= 4 is 23.2 Å². The second-order valence-corrected chi connectivity index (χ2v) is 3.03. The quantitative estimate of drug-likeness (QED) is 0.364. The van der Waals surface area contributed by atoms with Crippen LogP contribution in [0.3, 0.4) is 0 Å². The highest BCUT2D eigenvalue weighted by Crippen LogP contribution is 2.36. The van der Waals surface area contributed by atoms with Gasteiger partial charge in [0.1, 0.15) is 0 Å². The van der Waals surface area contributed by atoms with E-state index in [9.17, 15) is 0 Å². The highest BCUT2D eigenvalue weighted by Gasteiger charge is 2.36. The molecule has 0 N–H and O–H groups in total. The van der Waals surface area contributed by atoms with Crippen LogP contribution < -0.4 is 0 Å². The second kappa shape index (κ2) is 2.17. The molecule has 0 aromatic carbocycles. The molecule has 0 nitrogen and oxygen atoms in total. The minimum absolute atomic E-state index is 0.0154. The molecule has 2 heteroatoms. The summed E-state index contributed by atoms with van der Waals surface area (Å²) in [5.74, 6) is 2.79. The molecule has 0 radical (unpaired) electrons. The average Bonchev–Trinajstić information content (AvgIpc) is 1.81. The first-order chi connectivity index (χ1) is 3.75. The van der Waals surface area contributed by atoms with Gasteiger partial charge in [0.2, 0.25) is 0 Å². The van der Waals surface area contributed by atoms with Gasteiger partial charge >= 0.3 is 0 Å². The van der Waals surface area contributed by atoms with Crippen LogP contribution in [-0.2, 0) is 0 Å². The van der Waals surface area contributed by atoms with E-state index < -0.39 is 0 Å². The molecule has 44 valence electrons. The molecule has 0 aromatic heterocycles. The maximum Gasteiger partial charge on any atom is 0.0637 e. The summed E-state index contributed by atoms with van der Waals surface area (Å²) in [5, 5.41) is 0.124. The van der Waals surface area contributed by atoms with E-state index in [-0.39, 0.29) is 16.7 Å². The summed E-state index contributed by atoms with van der Waals surface area (Å²) in [6.07, 6.45) is 5.97. The molecule has 0 bridgehead atoms. The van der Waals surface area contributed by atoms with Gasteiger partial charge in [-0.3, -0.25) is 0 Å². The minimum atomic E-state index is 0.0154. The van der Waals surface area contributed by atoms with Gasteiger partial charge in [-0.2, -0.15) is 0 Å². The van der Waals surface area contributed by atoms with Crippen LogP contribution in [0.25, 0.3) is 0 Å². The summed E-state index contributed by atoms with van der Waals surface area (Å²) in [5.41, 5.74) is 0. The average molecular weight is 149 g/mol. The van der Waals surface area contributed by atoms with Gasteiger partial charge < -0.3 is 0 Å². The molecule has 0 heterocycles. The topological polar surface area (TPSA) is 0 Å². The Hall–Kier alpha value is 0.140. The maximum atomic E-state index is 5.69. The molecule has 1 aliphatic rings. The fourth-order valence-electron chi connectivity index (χ4n) is 0.719. The van der Waals surface area contributed by atoms with Crippen LogP contribution in [0, 0.1) is 18.3 Å².